The van der Waals surface area contributed by atoms with Crippen LogP contribution in [0.4, 0.5) is 0 Å². The second-order valence-corrected chi connectivity index (χ2v) is 5.68. The van der Waals surface area contributed by atoms with Crippen molar-refractivity contribution in [2.24, 2.45) is 0 Å². The lowest BCUT2D eigenvalue weighted by molar-refractivity contribution is 0.412. The van der Waals surface area contributed by atoms with Crippen molar-refractivity contribution in [3.05, 3.63) is 28.6 Å². The van der Waals surface area contributed by atoms with Crippen molar-refractivity contribution >= 4 is 21.6 Å². The lowest BCUT2D eigenvalue weighted by Gasteiger charge is -2.17. The predicted molar refractivity (Wildman–Crippen MR) is 67.6 cm³/mol. The third-order valence-electron chi connectivity index (χ3n) is 2.41. The lowest BCUT2D eigenvalue weighted by atomic mass is 10.1. The number of methoxy groups -OCH3 is 1. The maximum absolute atomic E-state index is 12.2. The van der Waals surface area contributed by atoms with Crippen molar-refractivity contribution in [1.82, 2.24) is 3.96 Å². The molecule has 3 nitrogen and oxygen atoms in total. The minimum atomic E-state index is -0.189. The van der Waals surface area contributed by atoms with Crippen LogP contribution in [0.1, 0.15) is 20.8 Å². The molecule has 0 saturated heterocycles. The summed E-state index contributed by atoms with van der Waals surface area (Å²) in [5.74, 6) is 0.654. The summed E-state index contributed by atoms with van der Waals surface area (Å²) in [4.78, 5) is 12.2. The van der Waals surface area contributed by atoms with Gasteiger partial charge in [0.15, 0.2) is 0 Å². The van der Waals surface area contributed by atoms with E-state index < -0.39 is 0 Å². The smallest absolute Gasteiger partial charge is 0.272 e. The van der Waals surface area contributed by atoms with Crippen molar-refractivity contribution in [3.63, 3.8) is 0 Å². The molecule has 1 aromatic heterocycles. The Hall–Kier alpha value is -1.29. The third-order valence-corrected chi connectivity index (χ3v) is 3.84. The minimum Gasteiger partial charge on any atom is -0.496 e. The Morgan fingerprint density at radius 2 is 2.00 bits per heavy atom. The van der Waals surface area contributed by atoms with E-state index in [9.17, 15) is 4.79 Å². The second kappa shape index (κ2) is 3.63. The molecule has 0 bridgehead atoms. The van der Waals surface area contributed by atoms with Gasteiger partial charge in [0.05, 0.1) is 17.3 Å². The Morgan fingerprint density at radius 1 is 1.31 bits per heavy atom. The highest BCUT2D eigenvalue weighted by Crippen LogP contribution is 2.28. The first kappa shape index (κ1) is 11.2. The fraction of sp³-hybridized carbons (Fsp3) is 0.417. The summed E-state index contributed by atoms with van der Waals surface area (Å²) in [5, 5.41) is 0.685. The van der Waals surface area contributed by atoms with E-state index in [-0.39, 0.29) is 11.1 Å². The zero-order chi connectivity index (χ0) is 11.9. The average molecular weight is 237 g/mol. The monoisotopic (exact) mass is 237 g/mol. The van der Waals surface area contributed by atoms with Crippen molar-refractivity contribution in [3.8, 4) is 5.75 Å². The Balaban J connectivity index is 2.84. The van der Waals surface area contributed by atoms with E-state index in [1.54, 1.807) is 11.1 Å². The topological polar surface area (TPSA) is 31.2 Å². The number of fused-ring (bicyclic) bond motifs is 1. The molecular formula is C12H15NO2S. The molecule has 2 rings (SSSR count). The Kier molecular flexibility index (Phi) is 2.54. The van der Waals surface area contributed by atoms with Crippen LogP contribution in [-0.2, 0) is 5.54 Å². The third kappa shape index (κ3) is 1.63. The van der Waals surface area contributed by atoms with Crippen LogP contribution in [0.3, 0.4) is 0 Å². The van der Waals surface area contributed by atoms with E-state index in [1.165, 1.54) is 11.5 Å². The fourth-order valence-electron chi connectivity index (χ4n) is 1.65. The lowest BCUT2D eigenvalue weighted by Crippen LogP contribution is -2.29. The van der Waals surface area contributed by atoms with Gasteiger partial charge in [-0.25, -0.2) is 0 Å². The molecule has 0 radical (unpaired) electrons. The zero-order valence-corrected chi connectivity index (χ0v) is 10.7. The van der Waals surface area contributed by atoms with Crippen molar-refractivity contribution in [2.45, 2.75) is 26.3 Å². The molecule has 0 atom stereocenters. The highest BCUT2D eigenvalue weighted by Gasteiger charge is 2.20. The average Bonchev–Trinajstić information content (AvgIpc) is 2.56. The molecule has 0 saturated carbocycles. The predicted octanol–water partition coefficient (Wildman–Crippen LogP) is 2.83. The van der Waals surface area contributed by atoms with Gasteiger partial charge >= 0.3 is 0 Å². The van der Waals surface area contributed by atoms with Crippen LogP contribution in [-0.4, -0.2) is 11.1 Å². The van der Waals surface area contributed by atoms with Crippen LogP contribution < -0.4 is 10.3 Å². The number of ether oxygens (including phenoxy) is 1. The van der Waals surface area contributed by atoms with Gasteiger partial charge in [0, 0.05) is 0 Å². The number of nitrogens with zero attached hydrogens (tertiary/aromatic N) is 1. The standard InChI is InChI=1S/C12H15NO2S/c1-12(2,3)13-11(14)10-8(15-4)6-5-7-9(10)16-13/h5-7H,1-4H3. The van der Waals surface area contributed by atoms with E-state index in [4.69, 9.17) is 4.74 Å². The largest absolute Gasteiger partial charge is 0.496 e. The van der Waals surface area contributed by atoms with Gasteiger partial charge in [-0.2, -0.15) is 0 Å². The van der Waals surface area contributed by atoms with Gasteiger partial charge in [0.2, 0.25) is 0 Å². The van der Waals surface area contributed by atoms with Crippen LogP contribution in [0.15, 0.2) is 23.0 Å². The first-order chi connectivity index (χ1) is 7.45. The van der Waals surface area contributed by atoms with Gasteiger partial charge in [-0.1, -0.05) is 17.6 Å². The van der Waals surface area contributed by atoms with E-state index in [2.05, 4.69) is 0 Å². The first-order valence-electron chi connectivity index (χ1n) is 5.14. The van der Waals surface area contributed by atoms with Crippen molar-refractivity contribution < 1.29 is 4.74 Å². The highest BCUT2D eigenvalue weighted by atomic mass is 32.1. The molecule has 1 heterocycles. The molecule has 0 N–H and O–H groups in total. The summed E-state index contributed by atoms with van der Waals surface area (Å²) in [6.45, 7) is 6.07. The normalized spacial score (nSPS) is 12.0. The van der Waals surface area contributed by atoms with Crippen LogP contribution in [0, 0.1) is 0 Å². The maximum atomic E-state index is 12.2. The molecule has 4 heteroatoms. The molecule has 0 amide bonds. The summed E-state index contributed by atoms with van der Waals surface area (Å²) in [7, 11) is 1.59. The van der Waals surface area contributed by atoms with Gasteiger partial charge in [-0.15, -0.1) is 0 Å². The van der Waals surface area contributed by atoms with E-state index in [0.717, 1.165) is 4.70 Å². The summed E-state index contributed by atoms with van der Waals surface area (Å²) in [6.07, 6.45) is 0. The molecule has 0 fully saturated rings. The first-order valence-corrected chi connectivity index (χ1v) is 5.92. The van der Waals surface area contributed by atoms with Crippen molar-refractivity contribution in [2.75, 3.05) is 7.11 Å². The molecule has 1 aromatic carbocycles. The zero-order valence-electron chi connectivity index (χ0n) is 9.90. The van der Waals surface area contributed by atoms with E-state index >= 15 is 0 Å². The Morgan fingerprint density at radius 3 is 2.56 bits per heavy atom. The summed E-state index contributed by atoms with van der Waals surface area (Å²) in [6, 6.07) is 5.68. The Labute approximate surface area is 98.4 Å². The van der Waals surface area contributed by atoms with Crippen LogP contribution in [0.5, 0.6) is 5.75 Å². The molecule has 0 spiro atoms. The van der Waals surface area contributed by atoms with Crippen LogP contribution in [0.25, 0.3) is 10.1 Å². The van der Waals surface area contributed by atoms with Gasteiger partial charge < -0.3 is 4.74 Å². The quantitative estimate of drug-likeness (QED) is 0.763. The summed E-state index contributed by atoms with van der Waals surface area (Å²) >= 11 is 1.48. The van der Waals surface area contributed by atoms with E-state index in [0.29, 0.717) is 11.1 Å². The number of hydrogen-bond acceptors (Lipinski definition) is 3. The van der Waals surface area contributed by atoms with Gasteiger partial charge in [0.25, 0.3) is 5.56 Å². The molecule has 16 heavy (non-hydrogen) atoms. The maximum Gasteiger partial charge on any atom is 0.272 e. The molecule has 86 valence electrons. The van der Waals surface area contributed by atoms with E-state index in [1.807, 2.05) is 39.0 Å². The van der Waals surface area contributed by atoms with Gasteiger partial charge in [-0.3, -0.25) is 8.75 Å². The summed E-state index contributed by atoms with van der Waals surface area (Å²) in [5.41, 5.74) is -0.156. The van der Waals surface area contributed by atoms with Crippen molar-refractivity contribution in [1.29, 1.82) is 0 Å². The molecule has 0 aliphatic carbocycles. The van der Waals surface area contributed by atoms with Gasteiger partial charge in [0.1, 0.15) is 11.1 Å². The molecule has 0 unspecified atom stereocenters. The molecule has 2 aromatic rings. The van der Waals surface area contributed by atoms with Crippen LogP contribution in [0.2, 0.25) is 0 Å². The number of hydrogen-bond donors (Lipinski definition) is 0. The SMILES string of the molecule is COc1cccc2sn(C(C)(C)C)c(=O)c12. The fourth-order valence-corrected chi connectivity index (χ4v) is 2.71. The highest BCUT2D eigenvalue weighted by molar-refractivity contribution is 7.14. The minimum absolute atomic E-state index is 0.0324. The molecule has 0 aliphatic rings. The summed E-state index contributed by atoms with van der Waals surface area (Å²) < 4.78 is 7.99. The van der Waals surface area contributed by atoms with Crippen LogP contribution >= 0.6 is 11.5 Å². The molecule has 0 aliphatic heterocycles. The van der Waals surface area contributed by atoms with Gasteiger partial charge in [-0.05, 0) is 32.9 Å². The second-order valence-electron chi connectivity index (χ2n) is 4.70. The number of aromatic nitrogens is 1. The molecular weight excluding hydrogens is 222 g/mol. The number of rotatable bonds is 1. The number of benzene rings is 1. The Bertz CT molecular complexity index is 575.